The van der Waals surface area contributed by atoms with Gasteiger partial charge in [-0.3, -0.25) is 8.98 Å². The van der Waals surface area contributed by atoms with E-state index >= 15 is 0 Å². The first-order chi connectivity index (χ1) is 9.19. The number of nitrogens with one attached hydrogen (secondary N) is 1. The van der Waals surface area contributed by atoms with Crippen LogP contribution in [0.1, 0.15) is 15.9 Å². The van der Waals surface area contributed by atoms with Crippen LogP contribution >= 0.6 is 0 Å². The fourth-order valence-corrected chi connectivity index (χ4v) is 2.68. The topological polar surface area (TPSA) is 72.5 Å². The van der Waals surface area contributed by atoms with Crippen LogP contribution < -0.4 is 5.32 Å². The number of amides is 1. The zero-order chi connectivity index (χ0) is 15.0. The van der Waals surface area contributed by atoms with Crippen molar-refractivity contribution in [3.05, 3.63) is 29.3 Å². The molecule has 110 valence electrons. The molecule has 5 nitrogen and oxygen atoms in total. The lowest BCUT2D eigenvalue weighted by Gasteiger charge is -2.17. The Morgan fingerprint density at radius 3 is 2.65 bits per heavy atom. The molecule has 0 aromatic heterocycles. The Kier molecular flexibility index (Phi) is 3.74. The molecule has 0 aliphatic carbocycles. The summed E-state index contributed by atoms with van der Waals surface area (Å²) in [5.41, 5.74) is 0.774. The maximum absolute atomic E-state index is 12.0. The molecule has 0 spiro atoms. The SMILES string of the molecule is O=C1NCCc2ccc(S(=O)(=O)OCC(F)(F)F)cc21. The van der Waals surface area contributed by atoms with E-state index < -0.39 is 33.7 Å². The van der Waals surface area contributed by atoms with Crippen molar-refractivity contribution >= 4 is 16.0 Å². The molecule has 1 aliphatic rings. The third-order valence-corrected chi connectivity index (χ3v) is 3.93. The van der Waals surface area contributed by atoms with Gasteiger partial charge in [-0.05, 0) is 24.1 Å². The second-order valence-corrected chi connectivity index (χ2v) is 5.77. The first kappa shape index (κ1) is 14.8. The number of halogens is 3. The largest absolute Gasteiger partial charge is 0.413 e. The lowest BCUT2D eigenvalue weighted by molar-refractivity contribution is -0.152. The van der Waals surface area contributed by atoms with Gasteiger partial charge in [-0.2, -0.15) is 21.6 Å². The molecule has 1 N–H and O–H groups in total. The lowest BCUT2D eigenvalue weighted by atomic mass is 10.0. The predicted molar refractivity (Wildman–Crippen MR) is 61.7 cm³/mol. The van der Waals surface area contributed by atoms with Gasteiger partial charge in [0.05, 0.1) is 4.90 Å². The van der Waals surface area contributed by atoms with E-state index in [4.69, 9.17) is 0 Å². The summed E-state index contributed by atoms with van der Waals surface area (Å²) < 4.78 is 63.1. The van der Waals surface area contributed by atoms with Crippen molar-refractivity contribution in [2.75, 3.05) is 13.2 Å². The molecule has 0 saturated carbocycles. The molecule has 0 radical (unpaired) electrons. The summed E-state index contributed by atoms with van der Waals surface area (Å²) in [6.45, 7) is -1.47. The quantitative estimate of drug-likeness (QED) is 0.853. The number of carbonyl (C=O) groups excluding carboxylic acids is 1. The molecule has 0 atom stereocenters. The van der Waals surface area contributed by atoms with Gasteiger partial charge in [0, 0.05) is 12.1 Å². The minimum atomic E-state index is -4.75. The van der Waals surface area contributed by atoms with E-state index in [-0.39, 0.29) is 5.56 Å². The van der Waals surface area contributed by atoms with Crippen molar-refractivity contribution < 1.29 is 30.6 Å². The number of alkyl halides is 3. The van der Waals surface area contributed by atoms with Crippen LogP contribution in [0.2, 0.25) is 0 Å². The van der Waals surface area contributed by atoms with Gasteiger partial charge in [-0.15, -0.1) is 0 Å². The number of fused-ring (bicyclic) bond motifs is 1. The van der Waals surface area contributed by atoms with Crippen LogP contribution in [0.4, 0.5) is 13.2 Å². The summed E-state index contributed by atoms with van der Waals surface area (Å²) in [5.74, 6) is -0.459. The first-order valence-corrected chi connectivity index (χ1v) is 6.97. The molecule has 1 amide bonds. The van der Waals surface area contributed by atoms with Crippen molar-refractivity contribution in [2.24, 2.45) is 0 Å². The number of rotatable bonds is 3. The molecular formula is C11H10F3NO4S. The van der Waals surface area contributed by atoms with Crippen LogP contribution in [0, 0.1) is 0 Å². The fraction of sp³-hybridized carbons (Fsp3) is 0.364. The summed E-state index contributed by atoms with van der Waals surface area (Å²) >= 11 is 0. The van der Waals surface area contributed by atoms with Gasteiger partial charge in [0.2, 0.25) is 0 Å². The average Bonchev–Trinajstić information content (AvgIpc) is 2.36. The smallest absolute Gasteiger partial charge is 0.352 e. The zero-order valence-electron chi connectivity index (χ0n) is 10.0. The summed E-state index contributed by atoms with van der Waals surface area (Å²) in [4.78, 5) is 11.1. The molecule has 1 heterocycles. The Morgan fingerprint density at radius 1 is 1.30 bits per heavy atom. The van der Waals surface area contributed by atoms with E-state index in [1.165, 1.54) is 6.07 Å². The van der Waals surface area contributed by atoms with Crippen LogP contribution in [0.25, 0.3) is 0 Å². The Hall–Kier alpha value is -1.61. The van der Waals surface area contributed by atoms with Gasteiger partial charge in [-0.1, -0.05) is 6.07 Å². The van der Waals surface area contributed by atoms with Gasteiger partial charge >= 0.3 is 6.18 Å². The summed E-state index contributed by atoms with van der Waals surface area (Å²) in [7, 11) is -4.55. The molecule has 9 heteroatoms. The van der Waals surface area contributed by atoms with Crippen LogP contribution in [-0.2, 0) is 20.7 Å². The van der Waals surface area contributed by atoms with E-state index in [2.05, 4.69) is 9.50 Å². The maximum Gasteiger partial charge on any atom is 0.413 e. The van der Waals surface area contributed by atoms with Crippen LogP contribution in [0.15, 0.2) is 23.1 Å². The molecule has 1 aliphatic heterocycles. The molecule has 1 aromatic carbocycles. The van der Waals surface area contributed by atoms with Gasteiger partial charge in [0.1, 0.15) is 0 Å². The Balaban J connectivity index is 2.29. The number of carbonyl (C=O) groups is 1. The van der Waals surface area contributed by atoms with E-state index in [0.717, 1.165) is 12.1 Å². The summed E-state index contributed by atoms with van der Waals surface area (Å²) in [6, 6.07) is 3.55. The Bertz CT molecular complexity index is 640. The molecule has 0 saturated heterocycles. The molecule has 1 aromatic rings. The second-order valence-electron chi connectivity index (χ2n) is 4.16. The fourth-order valence-electron chi connectivity index (χ4n) is 1.76. The summed E-state index contributed by atoms with van der Waals surface area (Å²) in [5, 5.41) is 2.52. The zero-order valence-corrected chi connectivity index (χ0v) is 10.8. The highest BCUT2D eigenvalue weighted by Gasteiger charge is 2.32. The highest BCUT2D eigenvalue weighted by molar-refractivity contribution is 7.86. The standard InChI is InChI=1S/C11H10F3NO4S/c12-11(13,14)6-19-20(17,18)8-2-1-7-3-4-15-10(16)9(7)5-8/h1-2,5H,3-4,6H2,(H,15,16). The van der Waals surface area contributed by atoms with Gasteiger partial charge in [0.15, 0.2) is 6.61 Å². The molecule has 20 heavy (non-hydrogen) atoms. The van der Waals surface area contributed by atoms with Crippen molar-refractivity contribution in [1.29, 1.82) is 0 Å². The highest BCUT2D eigenvalue weighted by Crippen LogP contribution is 2.23. The van der Waals surface area contributed by atoms with E-state index in [9.17, 15) is 26.4 Å². The molecule has 2 rings (SSSR count). The van der Waals surface area contributed by atoms with Gasteiger partial charge in [0.25, 0.3) is 16.0 Å². The molecule has 0 bridgehead atoms. The van der Waals surface area contributed by atoms with E-state index in [1.54, 1.807) is 0 Å². The van der Waals surface area contributed by atoms with Crippen LogP contribution in [0.3, 0.4) is 0 Å². The van der Waals surface area contributed by atoms with Crippen molar-refractivity contribution in [3.8, 4) is 0 Å². The minimum Gasteiger partial charge on any atom is -0.352 e. The first-order valence-electron chi connectivity index (χ1n) is 5.56. The van der Waals surface area contributed by atoms with Crippen molar-refractivity contribution in [3.63, 3.8) is 0 Å². The normalized spacial score (nSPS) is 15.7. The molecular weight excluding hydrogens is 299 g/mol. The maximum atomic E-state index is 12.0. The molecule has 0 unspecified atom stereocenters. The van der Waals surface area contributed by atoms with E-state index in [1.807, 2.05) is 0 Å². The van der Waals surface area contributed by atoms with Crippen molar-refractivity contribution in [2.45, 2.75) is 17.5 Å². The lowest BCUT2D eigenvalue weighted by Crippen LogP contribution is -2.32. The average molecular weight is 309 g/mol. The predicted octanol–water partition coefficient (Wildman–Crippen LogP) is 1.24. The van der Waals surface area contributed by atoms with Crippen LogP contribution in [-0.4, -0.2) is 33.7 Å². The third-order valence-electron chi connectivity index (χ3n) is 2.67. The second kappa shape index (κ2) is 5.06. The van der Waals surface area contributed by atoms with Gasteiger partial charge < -0.3 is 5.32 Å². The monoisotopic (exact) mass is 309 g/mol. The number of benzene rings is 1. The number of hydrogen-bond donors (Lipinski definition) is 1. The van der Waals surface area contributed by atoms with Gasteiger partial charge in [-0.25, -0.2) is 0 Å². The van der Waals surface area contributed by atoms with Crippen LogP contribution in [0.5, 0.6) is 0 Å². The molecule has 0 fully saturated rings. The minimum absolute atomic E-state index is 0.132. The Labute approximate surface area is 112 Å². The highest BCUT2D eigenvalue weighted by atomic mass is 32.2. The number of hydrogen-bond acceptors (Lipinski definition) is 4. The van der Waals surface area contributed by atoms with E-state index in [0.29, 0.717) is 18.5 Å². The third kappa shape index (κ3) is 3.28. The van der Waals surface area contributed by atoms with Crippen molar-refractivity contribution in [1.82, 2.24) is 5.32 Å². The summed E-state index contributed by atoms with van der Waals surface area (Å²) in [6.07, 6.45) is -4.22. The Morgan fingerprint density at radius 2 is 2.00 bits per heavy atom.